The van der Waals surface area contributed by atoms with Crippen molar-refractivity contribution in [3.8, 4) is 0 Å². The zero-order valence-electron chi connectivity index (χ0n) is 17.1. The third kappa shape index (κ3) is 3.52. The van der Waals surface area contributed by atoms with Crippen molar-refractivity contribution < 1.29 is 19.4 Å². The summed E-state index contributed by atoms with van der Waals surface area (Å²) >= 11 is 0. The van der Waals surface area contributed by atoms with Crippen LogP contribution in [0.5, 0.6) is 0 Å². The van der Waals surface area contributed by atoms with Crippen LogP contribution in [-0.4, -0.2) is 23.1 Å². The average molecular weight is 412 g/mol. The molecule has 4 nitrogen and oxygen atoms in total. The van der Waals surface area contributed by atoms with Crippen LogP contribution in [0.15, 0.2) is 84.9 Å². The Balaban J connectivity index is 1.45. The molecule has 0 aromatic heterocycles. The highest BCUT2D eigenvalue weighted by atomic mass is 16.5. The second-order valence-electron chi connectivity index (χ2n) is 8.50. The largest absolute Gasteiger partial charge is 0.481 e. The van der Waals surface area contributed by atoms with Crippen LogP contribution in [-0.2, 0) is 27.2 Å². The highest BCUT2D eigenvalue weighted by Gasteiger charge is 2.59. The summed E-state index contributed by atoms with van der Waals surface area (Å²) in [6.07, 6.45) is 1.23. The summed E-state index contributed by atoms with van der Waals surface area (Å²) in [5.41, 5.74) is 4.19. The minimum absolute atomic E-state index is 0.193. The van der Waals surface area contributed by atoms with Gasteiger partial charge in [-0.2, -0.15) is 0 Å². The number of carbonyl (C=O) groups is 2. The molecule has 0 heterocycles. The van der Waals surface area contributed by atoms with Gasteiger partial charge in [0, 0.05) is 24.7 Å². The molecule has 1 saturated carbocycles. The minimum atomic E-state index is -0.875. The van der Waals surface area contributed by atoms with Gasteiger partial charge in [0.05, 0.1) is 11.8 Å². The lowest BCUT2D eigenvalue weighted by molar-refractivity contribution is -0.167. The van der Waals surface area contributed by atoms with Gasteiger partial charge in [0.2, 0.25) is 0 Å². The monoisotopic (exact) mass is 412 g/mol. The van der Waals surface area contributed by atoms with Crippen molar-refractivity contribution in [1.29, 1.82) is 0 Å². The van der Waals surface area contributed by atoms with Crippen LogP contribution >= 0.6 is 0 Å². The van der Waals surface area contributed by atoms with Crippen molar-refractivity contribution >= 4 is 11.9 Å². The van der Waals surface area contributed by atoms with E-state index < -0.39 is 29.6 Å². The van der Waals surface area contributed by atoms with Crippen LogP contribution in [0.4, 0.5) is 0 Å². The molecule has 3 aromatic rings. The van der Waals surface area contributed by atoms with Crippen LogP contribution in [0.1, 0.15) is 34.1 Å². The quantitative estimate of drug-likeness (QED) is 0.623. The third-order valence-electron chi connectivity index (χ3n) is 6.77. The maximum atomic E-state index is 13.5. The summed E-state index contributed by atoms with van der Waals surface area (Å²) < 4.78 is 6.00. The lowest BCUT2D eigenvalue weighted by Crippen LogP contribution is -2.52. The molecule has 0 radical (unpaired) electrons. The summed E-state index contributed by atoms with van der Waals surface area (Å²) in [7, 11) is 0. The maximum absolute atomic E-state index is 13.5. The lowest BCUT2D eigenvalue weighted by atomic mass is 9.52. The Bertz CT molecular complexity index is 1020. The van der Waals surface area contributed by atoms with Crippen molar-refractivity contribution in [1.82, 2.24) is 0 Å². The van der Waals surface area contributed by atoms with E-state index >= 15 is 0 Å². The van der Waals surface area contributed by atoms with E-state index in [1.807, 2.05) is 72.8 Å². The first kappa shape index (κ1) is 19.6. The first-order valence-corrected chi connectivity index (χ1v) is 10.7. The molecule has 5 rings (SSSR count). The molecule has 0 saturated heterocycles. The lowest BCUT2D eigenvalue weighted by Gasteiger charge is -2.49. The predicted octanol–water partition coefficient (Wildman–Crippen LogP) is 4.60. The Hall–Kier alpha value is -3.40. The van der Waals surface area contributed by atoms with Gasteiger partial charge in [0.1, 0.15) is 6.10 Å². The molecule has 2 unspecified atom stereocenters. The molecule has 1 N–H and O–H groups in total. The van der Waals surface area contributed by atoms with Gasteiger partial charge in [-0.15, -0.1) is 0 Å². The molecule has 3 aromatic carbocycles. The van der Waals surface area contributed by atoms with E-state index in [0.717, 1.165) is 11.1 Å². The molecule has 0 aliphatic heterocycles. The highest BCUT2D eigenvalue weighted by Crippen LogP contribution is 2.58. The maximum Gasteiger partial charge on any atom is 0.310 e. The molecule has 0 amide bonds. The normalized spacial score (nSPS) is 24.8. The van der Waals surface area contributed by atoms with E-state index in [2.05, 4.69) is 12.1 Å². The molecule has 31 heavy (non-hydrogen) atoms. The van der Waals surface area contributed by atoms with Gasteiger partial charge >= 0.3 is 11.9 Å². The van der Waals surface area contributed by atoms with Gasteiger partial charge in [-0.1, -0.05) is 84.9 Å². The molecule has 156 valence electrons. The standard InChI is InChI=1S/C27H24O4/c28-26(29)24-22(17-9-3-1-4-10-17)25(23(24)18-11-5-2-6-12-18)27(30)31-21-15-19-13-7-8-14-20(19)16-21/h1-14,21-25H,15-16H2,(H,28,29)/t22-,23?,24-,25?/m1/s1. The summed E-state index contributed by atoms with van der Waals surface area (Å²) in [6, 6.07) is 27.2. The molecule has 4 atom stereocenters. The number of carboxylic acid groups (broad SMARTS) is 1. The number of aliphatic carboxylic acids is 1. The number of ether oxygens (including phenoxy) is 1. The Morgan fingerprint density at radius 3 is 1.58 bits per heavy atom. The average Bonchev–Trinajstić information content (AvgIpc) is 3.16. The summed E-state index contributed by atoms with van der Waals surface area (Å²) in [4.78, 5) is 25.7. The van der Waals surface area contributed by atoms with Crippen molar-refractivity contribution in [2.75, 3.05) is 0 Å². The fourth-order valence-electron chi connectivity index (χ4n) is 5.37. The number of hydrogen-bond acceptors (Lipinski definition) is 3. The van der Waals surface area contributed by atoms with Gasteiger partial charge in [-0.3, -0.25) is 9.59 Å². The van der Waals surface area contributed by atoms with Gasteiger partial charge in [0.15, 0.2) is 0 Å². The Morgan fingerprint density at radius 2 is 1.13 bits per heavy atom. The van der Waals surface area contributed by atoms with Crippen molar-refractivity contribution in [2.45, 2.75) is 30.8 Å². The van der Waals surface area contributed by atoms with Crippen molar-refractivity contribution in [3.63, 3.8) is 0 Å². The Labute approximate surface area is 181 Å². The van der Waals surface area contributed by atoms with E-state index in [4.69, 9.17) is 4.74 Å². The molecular weight excluding hydrogens is 388 g/mol. The van der Waals surface area contributed by atoms with Crippen LogP contribution in [0, 0.1) is 11.8 Å². The highest BCUT2D eigenvalue weighted by molar-refractivity contribution is 5.84. The molecular formula is C27H24O4. The van der Waals surface area contributed by atoms with Crippen LogP contribution < -0.4 is 0 Å². The fourth-order valence-corrected chi connectivity index (χ4v) is 5.37. The topological polar surface area (TPSA) is 63.6 Å². The van der Waals surface area contributed by atoms with Crippen LogP contribution in [0.25, 0.3) is 0 Å². The Morgan fingerprint density at radius 1 is 0.677 bits per heavy atom. The van der Waals surface area contributed by atoms with Gasteiger partial charge in [0.25, 0.3) is 0 Å². The second-order valence-corrected chi connectivity index (χ2v) is 8.50. The molecule has 2 aliphatic carbocycles. The zero-order valence-corrected chi connectivity index (χ0v) is 17.1. The molecule has 2 aliphatic rings. The number of benzene rings is 3. The van der Waals surface area contributed by atoms with Crippen LogP contribution in [0.3, 0.4) is 0 Å². The van der Waals surface area contributed by atoms with E-state index in [1.165, 1.54) is 11.1 Å². The zero-order chi connectivity index (χ0) is 21.4. The number of esters is 1. The predicted molar refractivity (Wildman–Crippen MR) is 117 cm³/mol. The van der Waals surface area contributed by atoms with Crippen molar-refractivity contribution in [2.24, 2.45) is 11.8 Å². The van der Waals surface area contributed by atoms with Crippen molar-refractivity contribution in [3.05, 3.63) is 107 Å². The first-order valence-electron chi connectivity index (χ1n) is 10.7. The van der Waals surface area contributed by atoms with E-state index in [-0.39, 0.29) is 12.1 Å². The summed E-state index contributed by atoms with van der Waals surface area (Å²) in [5.74, 6) is -3.16. The number of carboxylic acids is 1. The number of rotatable bonds is 5. The molecule has 0 spiro atoms. The van der Waals surface area contributed by atoms with E-state index in [1.54, 1.807) is 0 Å². The Kier molecular flexibility index (Phi) is 5.06. The SMILES string of the molecule is O=C(OC1Cc2ccccc2C1)C1C(c2ccccc2)[C@H](C(=O)O)[C@H]1c1ccccc1. The fraction of sp³-hybridized carbons (Fsp3) is 0.259. The number of hydrogen-bond donors (Lipinski definition) is 1. The third-order valence-corrected chi connectivity index (χ3v) is 6.77. The molecule has 1 fully saturated rings. The second kappa shape index (κ2) is 8.03. The molecule has 0 bridgehead atoms. The minimum Gasteiger partial charge on any atom is -0.481 e. The smallest absolute Gasteiger partial charge is 0.310 e. The van der Waals surface area contributed by atoms with E-state index in [9.17, 15) is 14.7 Å². The van der Waals surface area contributed by atoms with Gasteiger partial charge in [-0.05, 0) is 22.3 Å². The van der Waals surface area contributed by atoms with Crippen LogP contribution in [0.2, 0.25) is 0 Å². The summed E-state index contributed by atoms with van der Waals surface area (Å²) in [5, 5.41) is 10.0. The van der Waals surface area contributed by atoms with E-state index in [0.29, 0.717) is 12.8 Å². The number of carbonyl (C=O) groups excluding carboxylic acids is 1. The molecule has 4 heteroatoms. The van der Waals surface area contributed by atoms with Gasteiger partial charge < -0.3 is 9.84 Å². The van der Waals surface area contributed by atoms with Gasteiger partial charge in [-0.25, -0.2) is 0 Å². The number of fused-ring (bicyclic) bond motifs is 1. The first-order chi connectivity index (χ1) is 15.1. The summed E-state index contributed by atoms with van der Waals surface area (Å²) in [6.45, 7) is 0.